The molecule has 0 spiro atoms. The minimum absolute atomic E-state index is 0.111. The molecule has 0 bridgehead atoms. The summed E-state index contributed by atoms with van der Waals surface area (Å²) in [6.45, 7) is 0. The number of carbonyl (C=O) groups excluding carboxylic acids is 1. The number of halogens is 2. The molecule has 0 aliphatic heterocycles. The third-order valence-electron chi connectivity index (χ3n) is 3.23. The molecular weight excluding hydrogens is 386 g/mol. The third-order valence-corrected chi connectivity index (χ3v) is 5.35. The molecule has 1 aromatic heterocycles. The van der Waals surface area contributed by atoms with E-state index < -0.39 is 32.5 Å². The van der Waals surface area contributed by atoms with Gasteiger partial charge in [0, 0.05) is 0 Å². The van der Waals surface area contributed by atoms with Gasteiger partial charge in [0.25, 0.3) is 10.0 Å². The van der Waals surface area contributed by atoms with Crippen molar-refractivity contribution in [1.29, 1.82) is 0 Å². The Kier molecular flexibility index (Phi) is 5.20. The highest BCUT2D eigenvalue weighted by atomic mass is 32.2. The summed E-state index contributed by atoms with van der Waals surface area (Å²) < 4.78 is 49.9. The van der Waals surface area contributed by atoms with Crippen LogP contribution in [0.15, 0.2) is 52.5 Å². The van der Waals surface area contributed by atoms with Gasteiger partial charge < -0.3 is 4.98 Å². The topological polar surface area (TPSA) is 104 Å². The fourth-order valence-corrected chi connectivity index (χ4v) is 3.55. The molecule has 2 aromatic carbocycles. The number of H-pyrrole nitrogens is 1. The average Bonchev–Trinajstić information content (AvgIpc) is 3.03. The first-order valence-electron chi connectivity index (χ1n) is 7.18. The molecular formula is C15H12F2N4O3S2. The van der Waals surface area contributed by atoms with Gasteiger partial charge >= 0.3 is 0 Å². The Bertz CT molecular complexity index is 1040. The zero-order valence-electron chi connectivity index (χ0n) is 13.0. The number of amides is 1. The molecule has 3 aromatic rings. The number of hydrazine groups is 1. The fourth-order valence-electron chi connectivity index (χ4n) is 1.99. The molecule has 3 N–H and O–H groups in total. The number of fused-ring (bicyclic) bond motifs is 1. The molecule has 0 unspecified atom stereocenters. The van der Waals surface area contributed by atoms with Crippen LogP contribution in [-0.4, -0.2) is 30.0 Å². The van der Waals surface area contributed by atoms with Crippen molar-refractivity contribution in [3.63, 3.8) is 0 Å². The van der Waals surface area contributed by atoms with Gasteiger partial charge in [-0.1, -0.05) is 23.9 Å². The summed E-state index contributed by atoms with van der Waals surface area (Å²) in [5.41, 5.74) is 3.56. The minimum Gasteiger partial charge on any atom is -0.333 e. The zero-order valence-corrected chi connectivity index (χ0v) is 14.6. The number of thioether (sulfide) groups is 1. The second-order valence-electron chi connectivity index (χ2n) is 5.08. The first-order valence-corrected chi connectivity index (χ1v) is 9.65. The first-order chi connectivity index (χ1) is 12.3. The van der Waals surface area contributed by atoms with Crippen LogP contribution in [0.4, 0.5) is 8.78 Å². The number of aromatic amines is 1. The second kappa shape index (κ2) is 7.40. The molecule has 26 heavy (non-hydrogen) atoms. The number of aromatic nitrogens is 2. The first kappa shape index (κ1) is 18.3. The number of hydrogen-bond donors (Lipinski definition) is 3. The van der Waals surface area contributed by atoms with Crippen LogP contribution in [0.5, 0.6) is 0 Å². The van der Waals surface area contributed by atoms with Gasteiger partial charge in [-0.25, -0.2) is 22.2 Å². The quantitative estimate of drug-likeness (QED) is 0.435. The number of rotatable bonds is 6. The lowest BCUT2D eigenvalue weighted by Crippen LogP contribution is -2.42. The molecule has 1 amide bonds. The van der Waals surface area contributed by atoms with E-state index in [4.69, 9.17) is 0 Å². The Morgan fingerprint density at radius 1 is 1.15 bits per heavy atom. The van der Waals surface area contributed by atoms with E-state index in [1.165, 1.54) is 0 Å². The molecule has 7 nitrogen and oxygen atoms in total. The van der Waals surface area contributed by atoms with E-state index in [0.717, 1.165) is 28.9 Å². The van der Waals surface area contributed by atoms with E-state index in [1.54, 1.807) is 0 Å². The Morgan fingerprint density at radius 3 is 2.65 bits per heavy atom. The molecule has 3 rings (SSSR count). The Labute approximate surface area is 151 Å². The molecule has 0 atom stereocenters. The average molecular weight is 398 g/mol. The van der Waals surface area contributed by atoms with Gasteiger partial charge in [0.15, 0.2) is 16.8 Å². The molecule has 0 aliphatic rings. The highest BCUT2D eigenvalue weighted by Gasteiger charge is 2.17. The summed E-state index contributed by atoms with van der Waals surface area (Å²) in [5.74, 6) is -3.23. The lowest BCUT2D eigenvalue weighted by molar-refractivity contribution is -0.119. The molecule has 0 saturated heterocycles. The fraction of sp³-hybridized carbons (Fsp3) is 0.0667. The Morgan fingerprint density at radius 2 is 1.92 bits per heavy atom. The minimum atomic E-state index is -4.22. The van der Waals surface area contributed by atoms with Gasteiger partial charge in [0.2, 0.25) is 5.91 Å². The standard InChI is InChI=1S/C15H12F2N4O3S2/c16-10-6-5-9(7-11(10)17)26(23,24)21-20-14(22)8-25-15-18-12-3-1-2-4-13(12)19-15/h1-7,21H,8H2,(H,18,19)(H,20,22). The number of sulfonamides is 1. The molecule has 0 saturated carbocycles. The van der Waals surface area contributed by atoms with Crippen LogP contribution in [0.1, 0.15) is 0 Å². The van der Waals surface area contributed by atoms with Crippen molar-refractivity contribution in [3.8, 4) is 0 Å². The van der Waals surface area contributed by atoms with E-state index in [0.29, 0.717) is 17.3 Å². The molecule has 11 heteroatoms. The largest absolute Gasteiger partial charge is 0.333 e. The zero-order chi connectivity index (χ0) is 18.7. The molecule has 136 valence electrons. The van der Waals surface area contributed by atoms with Gasteiger partial charge in [-0.15, -0.1) is 4.83 Å². The SMILES string of the molecule is O=C(CSc1nc2ccccc2[nH]1)NNS(=O)(=O)c1ccc(F)c(F)c1. The summed E-state index contributed by atoms with van der Waals surface area (Å²) in [6, 6.07) is 9.41. The van der Waals surface area contributed by atoms with E-state index in [2.05, 4.69) is 9.97 Å². The van der Waals surface area contributed by atoms with Crippen LogP contribution in [0, 0.1) is 11.6 Å². The highest BCUT2D eigenvalue weighted by molar-refractivity contribution is 7.99. The van der Waals surface area contributed by atoms with Crippen molar-refractivity contribution < 1.29 is 22.0 Å². The molecule has 0 radical (unpaired) electrons. The summed E-state index contributed by atoms with van der Waals surface area (Å²) in [5, 5.41) is 0.504. The third kappa shape index (κ3) is 4.18. The normalized spacial score (nSPS) is 11.6. The Balaban J connectivity index is 1.56. The van der Waals surface area contributed by atoms with Crippen molar-refractivity contribution in [2.45, 2.75) is 10.1 Å². The smallest absolute Gasteiger partial charge is 0.257 e. The highest BCUT2D eigenvalue weighted by Crippen LogP contribution is 2.18. The van der Waals surface area contributed by atoms with Crippen molar-refractivity contribution in [3.05, 3.63) is 54.1 Å². The summed E-state index contributed by atoms with van der Waals surface area (Å²) in [4.78, 5) is 20.4. The molecule has 0 aliphatic carbocycles. The number of benzene rings is 2. The monoisotopic (exact) mass is 398 g/mol. The number of hydrogen-bond acceptors (Lipinski definition) is 5. The van der Waals surface area contributed by atoms with Crippen LogP contribution >= 0.6 is 11.8 Å². The summed E-state index contributed by atoms with van der Waals surface area (Å²) in [6.07, 6.45) is 0. The van der Waals surface area contributed by atoms with Crippen LogP contribution in [-0.2, 0) is 14.8 Å². The van der Waals surface area contributed by atoms with Crippen LogP contribution < -0.4 is 10.3 Å². The number of nitrogens with one attached hydrogen (secondary N) is 3. The number of carbonyl (C=O) groups is 1. The number of imidazole rings is 1. The summed E-state index contributed by atoms with van der Waals surface area (Å²) >= 11 is 1.08. The Hall–Kier alpha value is -2.50. The molecule has 1 heterocycles. The van der Waals surface area contributed by atoms with Crippen molar-refractivity contribution in [2.24, 2.45) is 0 Å². The van der Waals surface area contributed by atoms with Gasteiger partial charge in [-0.2, -0.15) is 0 Å². The van der Waals surface area contributed by atoms with E-state index in [1.807, 2.05) is 34.5 Å². The van der Waals surface area contributed by atoms with Crippen molar-refractivity contribution in [1.82, 2.24) is 20.2 Å². The van der Waals surface area contributed by atoms with Crippen molar-refractivity contribution >= 4 is 38.7 Å². The van der Waals surface area contributed by atoms with Crippen LogP contribution in [0.3, 0.4) is 0 Å². The van der Waals surface area contributed by atoms with Crippen molar-refractivity contribution in [2.75, 3.05) is 5.75 Å². The van der Waals surface area contributed by atoms with E-state index >= 15 is 0 Å². The van der Waals surface area contributed by atoms with E-state index in [-0.39, 0.29) is 5.75 Å². The van der Waals surface area contributed by atoms with Gasteiger partial charge in [0.05, 0.1) is 21.7 Å². The maximum atomic E-state index is 13.1. The maximum absolute atomic E-state index is 13.1. The van der Waals surface area contributed by atoms with Gasteiger partial charge in [-0.3, -0.25) is 10.2 Å². The lowest BCUT2D eigenvalue weighted by Gasteiger charge is -2.08. The number of para-hydroxylation sites is 2. The van der Waals surface area contributed by atoms with E-state index in [9.17, 15) is 22.0 Å². The summed E-state index contributed by atoms with van der Waals surface area (Å²) in [7, 11) is -4.22. The number of nitrogens with zero attached hydrogens (tertiary/aromatic N) is 1. The predicted octanol–water partition coefficient (Wildman–Crippen LogP) is 1.94. The molecule has 0 fully saturated rings. The van der Waals surface area contributed by atoms with Gasteiger partial charge in [0.1, 0.15) is 0 Å². The predicted molar refractivity (Wildman–Crippen MR) is 91.6 cm³/mol. The second-order valence-corrected chi connectivity index (χ2v) is 7.72. The maximum Gasteiger partial charge on any atom is 0.257 e. The van der Waals surface area contributed by atoms with Crippen LogP contribution in [0.25, 0.3) is 11.0 Å². The van der Waals surface area contributed by atoms with Gasteiger partial charge in [-0.05, 0) is 30.3 Å². The lowest BCUT2D eigenvalue weighted by atomic mass is 10.3. The van der Waals surface area contributed by atoms with Crippen LogP contribution in [0.2, 0.25) is 0 Å².